The minimum atomic E-state index is -0.923. The molecule has 0 bridgehead atoms. The minimum absolute atomic E-state index is 0.0206. The predicted molar refractivity (Wildman–Crippen MR) is 170 cm³/mol. The molecule has 2 aromatic carbocycles. The number of para-hydroxylation sites is 1. The van der Waals surface area contributed by atoms with Crippen LogP contribution in [0.15, 0.2) is 64.8 Å². The van der Waals surface area contributed by atoms with Crippen LogP contribution in [-0.4, -0.2) is 61.9 Å². The third-order valence-corrected chi connectivity index (χ3v) is 8.82. The number of fused-ring (bicyclic) bond motifs is 1. The van der Waals surface area contributed by atoms with Crippen LogP contribution in [0, 0.1) is 11.6 Å². The Labute approximate surface area is 261 Å². The average Bonchev–Trinajstić information content (AvgIpc) is 2.97. The molecule has 44 heavy (non-hydrogen) atoms. The Kier molecular flexibility index (Phi) is 9.56. The zero-order valence-corrected chi connectivity index (χ0v) is 26.1. The van der Waals surface area contributed by atoms with Crippen LogP contribution in [-0.2, 0) is 15.4 Å². The molecular weight excluding hydrogens is 609 g/mol. The van der Waals surface area contributed by atoms with Gasteiger partial charge < -0.3 is 10.0 Å². The molecule has 5 rings (SSSR count). The first-order valence-electron chi connectivity index (χ1n) is 14.0. The minimum Gasteiger partial charge on any atom is -0.507 e. The van der Waals surface area contributed by atoms with Crippen LogP contribution in [0.2, 0.25) is 0 Å². The number of benzene rings is 2. The van der Waals surface area contributed by atoms with Crippen molar-refractivity contribution < 1.29 is 22.9 Å². The van der Waals surface area contributed by atoms with Gasteiger partial charge in [0.1, 0.15) is 29.5 Å². The number of thioether (sulfide) groups is 1. The van der Waals surface area contributed by atoms with Crippen LogP contribution in [0.1, 0.15) is 26.3 Å². The van der Waals surface area contributed by atoms with Gasteiger partial charge in [0.25, 0.3) is 0 Å². The maximum Gasteiger partial charge on any atom is 0.355 e. The molecule has 1 aliphatic heterocycles. The number of hydrogen-bond donors (Lipinski definition) is 1. The lowest BCUT2D eigenvalue weighted by molar-refractivity contribution is -0.126. The number of amides is 1. The molecule has 0 atom stereocenters. The van der Waals surface area contributed by atoms with Gasteiger partial charge in [-0.2, -0.15) is 4.98 Å². The van der Waals surface area contributed by atoms with E-state index in [1.807, 2.05) is 39.0 Å². The molecular formula is C31H31F2N5O4S2. The molecule has 9 nitrogen and oxygen atoms in total. The summed E-state index contributed by atoms with van der Waals surface area (Å²) in [5, 5.41) is 10.8. The molecule has 230 valence electrons. The van der Waals surface area contributed by atoms with Crippen molar-refractivity contribution in [2.75, 3.05) is 30.5 Å². The molecule has 0 saturated carbocycles. The van der Waals surface area contributed by atoms with E-state index in [-0.39, 0.29) is 47.7 Å². The highest BCUT2D eigenvalue weighted by atomic mass is 32.2. The smallest absolute Gasteiger partial charge is 0.355 e. The molecule has 4 aromatic rings. The largest absolute Gasteiger partial charge is 0.507 e. The molecule has 0 spiro atoms. The molecule has 1 aliphatic rings. The Morgan fingerprint density at radius 1 is 1.16 bits per heavy atom. The van der Waals surface area contributed by atoms with Crippen molar-refractivity contribution in [3.8, 4) is 22.7 Å². The van der Waals surface area contributed by atoms with Gasteiger partial charge in [0, 0.05) is 23.2 Å². The second-order valence-electron chi connectivity index (χ2n) is 10.2. The van der Waals surface area contributed by atoms with Crippen molar-refractivity contribution in [3.05, 3.63) is 82.8 Å². The maximum atomic E-state index is 15.9. The number of hydrogen-bond acceptors (Lipinski definition) is 9. The molecule has 3 heterocycles. The van der Waals surface area contributed by atoms with Crippen molar-refractivity contribution in [1.82, 2.24) is 19.4 Å². The molecule has 0 radical (unpaired) electrons. The first-order chi connectivity index (χ1) is 21.1. The number of aryl methyl sites for hydroxylation is 1. The van der Waals surface area contributed by atoms with Crippen molar-refractivity contribution >= 4 is 46.7 Å². The topological polar surface area (TPSA) is 101 Å². The number of rotatable bonds is 7. The van der Waals surface area contributed by atoms with Crippen LogP contribution >= 0.6 is 24.0 Å². The summed E-state index contributed by atoms with van der Waals surface area (Å²) in [4.78, 5) is 37.7. The summed E-state index contributed by atoms with van der Waals surface area (Å²) in [6, 6.07) is 10.5. The summed E-state index contributed by atoms with van der Waals surface area (Å²) >= 11 is 2.48. The Hall–Kier alpha value is -3.94. The number of pyridine rings is 1. The lowest BCUT2D eigenvalue weighted by Crippen LogP contribution is -2.40. The van der Waals surface area contributed by atoms with E-state index in [0.29, 0.717) is 18.7 Å². The summed E-state index contributed by atoms with van der Waals surface area (Å²) < 4.78 is 39.5. The van der Waals surface area contributed by atoms with Crippen LogP contribution < -0.4 is 9.99 Å². The molecule has 1 N–H and O–H groups in total. The third kappa shape index (κ3) is 6.17. The lowest BCUT2D eigenvalue weighted by atomic mass is 10.1. The molecule has 13 heteroatoms. The van der Waals surface area contributed by atoms with E-state index in [2.05, 4.69) is 16.5 Å². The molecule has 2 aromatic heterocycles. The van der Waals surface area contributed by atoms with Crippen LogP contribution in [0.3, 0.4) is 0 Å². The van der Waals surface area contributed by atoms with E-state index in [1.165, 1.54) is 22.8 Å². The number of nitrogens with zero attached hydrogens (tertiary/aromatic N) is 5. The van der Waals surface area contributed by atoms with Gasteiger partial charge >= 0.3 is 5.69 Å². The zero-order valence-electron chi connectivity index (χ0n) is 24.4. The summed E-state index contributed by atoms with van der Waals surface area (Å²) in [6.45, 7) is 10.6. The summed E-state index contributed by atoms with van der Waals surface area (Å²) in [5.74, 6) is -2.50. The van der Waals surface area contributed by atoms with Gasteiger partial charge in [0.15, 0.2) is 17.3 Å². The highest BCUT2D eigenvalue weighted by Crippen LogP contribution is 2.38. The quantitative estimate of drug-likeness (QED) is 0.115. The Morgan fingerprint density at radius 3 is 2.64 bits per heavy atom. The molecule has 1 amide bonds. The van der Waals surface area contributed by atoms with E-state index in [0.717, 1.165) is 34.8 Å². The second kappa shape index (κ2) is 13.4. The number of halogens is 2. The van der Waals surface area contributed by atoms with Gasteiger partial charge in [-0.15, -0.1) is 11.8 Å². The Balaban J connectivity index is 1.82. The van der Waals surface area contributed by atoms with Crippen molar-refractivity contribution in [2.24, 2.45) is 0 Å². The Bertz CT molecular complexity index is 1780. The van der Waals surface area contributed by atoms with Gasteiger partial charge in [0.2, 0.25) is 5.91 Å². The van der Waals surface area contributed by atoms with Crippen molar-refractivity contribution in [3.63, 3.8) is 0 Å². The van der Waals surface area contributed by atoms with Crippen LogP contribution in [0.4, 0.5) is 14.6 Å². The first kappa shape index (κ1) is 31.5. The maximum absolute atomic E-state index is 15.9. The third-order valence-electron chi connectivity index (χ3n) is 6.96. The van der Waals surface area contributed by atoms with E-state index in [1.54, 1.807) is 21.0 Å². The fourth-order valence-corrected chi connectivity index (χ4v) is 6.62. The highest BCUT2D eigenvalue weighted by molar-refractivity contribution is 8.00. The molecule has 0 unspecified atom stereocenters. The van der Waals surface area contributed by atoms with Crippen molar-refractivity contribution in [1.29, 1.82) is 0 Å². The zero-order chi connectivity index (χ0) is 31.5. The summed E-state index contributed by atoms with van der Waals surface area (Å²) in [6.07, 6.45) is 1.79. The van der Waals surface area contributed by atoms with E-state index in [4.69, 9.17) is 4.18 Å². The van der Waals surface area contributed by atoms with Gasteiger partial charge in [0.05, 0.1) is 29.8 Å². The molecule has 1 saturated heterocycles. The number of carbonyl (C=O) groups excluding carboxylic acids is 1. The first-order valence-corrected chi connectivity index (χ1v) is 15.6. The lowest BCUT2D eigenvalue weighted by Gasteiger charge is -2.30. The standard InChI is InChI=1S/C31H31F2N5O4S2/c1-5-19-9-7-12-24(43-18(3)4)28(19)38-30-20(17-22(33)27(34-30)26-21(32)10-8-11-23(26)39)29(35-31(38)41)37-14-13-36(25(40)6-2)15-16-42-44-37/h6-12,17-18,39H,2,5,13-16H2,1,3-4H3. The SMILES string of the molecule is C=CC(=O)N1CCOSN(c2nc(=O)n(-c3c(CC)cccc3SC(C)C)c3nc(-c4c(O)cccc4F)c(F)cc23)CC1. The number of phenolic OH excluding ortho intramolecular Hbond substituents is 1. The fraction of sp³-hybridized carbons (Fsp3) is 0.290. The molecule has 0 aliphatic carbocycles. The number of carbonyl (C=O) groups is 1. The van der Waals surface area contributed by atoms with E-state index < -0.39 is 34.3 Å². The number of phenols is 1. The highest BCUT2D eigenvalue weighted by Gasteiger charge is 2.27. The van der Waals surface area contributed by atoms with Crippen molar-refractivity contribution in [2.45, 2.75) is 37.3 Å². The Morgan fingerprint density at radius 2 is 1.93 bits per heavy atom. The van der Waals surface area contributed by atoms with Gasteiger partial charge in [-0.1, -0.05) is 45.5 Å². The fourth-order valence-electron chi connectivity index (χ4n) is 4.98. The van der Waals surface area contributed by atoms with Gasteiger partial charge in [-0.05, 0) is 42.3 Å². The number of aromatic hydroxyl groups is 1. The second-order valence-corrected chi connectivity index (χ2v) is 12.6. The van der Waals surface area contributed by atoms with Crippen LogP contribution in [0.25, 0.3) is 28.0 Å². The van der Waals surface area contributed by atoms with E-state index in [9.17, 15) is 14.7 Å². The monoisotopic (exact) mass is 639 g/mol. The van der Waals surface area contributed by atoms with Gasteiger partial charge in [-0.3, -0.25) is 13.3 Å². The summed E-state index contributed by atoms with van der Waals surface area (Å²) in [7, 11) is 0. The van der Waals surface area contributed by atoms with E-state index >= 15 is 8.78 Å². The van der Waals surface area contributed by atoms with Gasteiger partial charge in [-0.25, -0.2) is 23.1 Å². The predicted octanol–water partition coefficient (Wildman–Crippen LogP) is 5.91. The summed E-state index contributed by atoms with van der Waals surface area (Å²) in [5.41, 5.74) is -0.171. The molecule has 1 fully saturated rings. The average molecular weight is 640 g/mol. The van der Waals surface area contributed by atoms with Crippen LogP contribution in [0.5, 0.6) is 5.75 Å². The number of anilines is 1. The normalized spacial score (nSPS) is 14.1. The number of aromatic nitrogens is 3.